The van der Waals surface area contributed by atoms with Gasteiger partial charge in [-0.3, -0.25) is 19.4 Å². The largest absolute Gasteiger partial charge is 0.329 e. The van der Waals surface area contributed by atoms with Crippen LogP contribution in [-0.4, -0.2) is 40.7 Å². The maximum atomic E-state index is 13.8. The van der Waals surface area contributed by atoms with Gasteiger partial charge in [-0.25, -0.2) is 0 Å². The van der Waals surface area contributed by atoms with Gasteiger partial charge in [0.05, 0.1) is 5.92 Å². The van der Waals surface area contributed by atoms with Crippen molar-refractivity contribution in [3.8, 4) is 11.1 Å². The van der Waals surface area contributed by atoms with Crippen molar-refractivity contribution in [3.63, 3.8) is 0 Å². The predicted octanol–water partition coefficient (Wildman–Crippen LogP) is 5.33. The summed E-state index contributed by atoms with van der Waals surface area (Å²) in [5.41, 5.74) is 7.06. The van der Waals surface area contributed by atoms with E-state index in [1.165, 1.54) is 27.2 Å². The highest BCUT2D eigenvalue weighted by Gasteiger charge is 2.38. The lowest BCUT2D eigenvalue weighted by atomic mass is 10.1. The molecule has 6 rings (SSSR count). The first-order valence-electron chi connectivity index (χ1n) is 13.2. The fraction of sp³-hybridized carbons (Fsp3) is 0.188. The van der Waals surface area contributed by atoms with Crippen molar-refractivity contribution in [2.24, 2.45) is 5.92 Å². The quantitative estimate of drug-likeness (QED) is 0.297. The third-order valence-electron chi connectivity index (χ3n) is 7.43. The molecule has 200 valence electrons. The van der Waals surface area contributed by atoms with Crippen LogP contribution in [-0.2, 0) is 27.3 Å². The lowest BCUT2D eigenvalue weighted by Gasteiger charge is -2.25. The van der Waals surface area contributed by atoms with Crippen molar-refractivity contribution in [1.82, 2.24) is 9.88 Å². The minimum Gasteiger partial charge on any atom is -0.329 e. The summed E-state index contributed by atoms with van der Waals surface area (Å²) < 4.78 is 0. The fourth-order valence-corrected chi connectivity index (χ4v) is 5.64. The Morgan fingerprint density at radius 2 is 1.77 bits per heavy atom. The molecule has 1 aliphatic carbocycles. The number of amides is 3. The second-order valence-electron chi connectivity index (χ2n) is 10.2. The Hall–Kier alpha value is -4.49. The average Bonchev–Trinajstić information content (AvgIpc) is 3.54. The molecular weight excluding hydrogens is 524 g/mol. The van der Waals surface area contributed by atoms with Gasteiger partial charge in [-0.15, -0.1) is 0 Å². The lowest BCUT2D eigenvalue weighted by molar-refractivity contribution is -0.139. The van der Waals surface area contributed by atoms with Crippen LogP contribution in [0.4, 0.5) is 11.4 Å². The number of anilines is 2. The summed E-state index contributed by atoms with van der Waals surface area (Å²) in [5.74, 6) is -1.22. The van der Waals surface area contributed by atoms with Crippen molar-refractivity contribution < 1.29 is 14.4 Å². The molecule has 1 atom stereocenters. The highest BCUT2D eigenvalue weighted by Crippen LogP contribution is 2.39. The van der Waals surface area contributed by atoms with Crippen LogP contribution in [0.1, 0.15) is 23.1 Å². The molecular formula is C32H27ClN4O3. The first-order chi connectivity index (χ1) is 19.4. The Bertz CT molecular complexity index is 1590. The van der Waals surface area contributed by atoms with Crippen LogP contribution in [0.2, 0.25) is 5.02 Å². The van der Waals surface area contributed by atoms with E-state index in [0.717, 1.165) is 17.7 Å². The SMILES string of the molecule is O=C(CN(Cc1cccnc1)C(=O)C1CC(=O)N(c2ccc3c(c2)Cc2ccccc2-3)C1)Nc1ccc(Cl)cc1. The van der Waals surface area contributed by atoms with E-state index in [2.05, 4.69) is 34.6 Å². The average molecular weight is 551 g/mol. The molecule has 3 aromatic carbocycles. The van der Waals surface area contributed by atoms with Crippen LogP contribution in [0, 0.1) is 5.92 Å². The summed E-state index contributed by atoms with van der Waals surface area (Å²) in [4.78, 5) is 47.2. The number of carbonyl (C=O) groups excluding carboxylic acids is 3. The molecule has 1 unspecified atom stereocenters. The molecule has 4 aromatic rings. The van der Waals surface area contributed by atoms with Gasteiger partial charge in [0.1, 0.15) is 6.54 Å². The lowest BCUT2D eigenvalue weighted by Crippen LogP contribution is -2.41. The number of rotatable bonds is 7. The van der Waals surface area contributed by atoms with Crippen molar-refractivity contribution in [2.45, 2.75) is 19.4 Å². The third-order valence-corrected chi connectivity index (χ3v) is 7.69. The first kappa shape index (κ1) is 25.8. The second kappa shape index (κ2) is 10.9. The third kappa shape index (κ3) is 5.33. The minimum atomic E-state index is -0.557. The Morgan fingerprint density at radius 3 is 2.58 bits per heavy atom. The van der Waals surface area contributed by atoms with E-state index in [1.54, 1.807) is 47.6 Å². The molecule has 7 nitrogen and oxygen atoms in total. The maximum absolute atomic E-state index is 13.8. The van der Waals surface area contributed by atoms with Gasteiger partial charge in [0, 0.05) is 48.3 Å². The number of benzene rings is 3. The van der Waals surface area contributed by atoms with Crippen LogP contribution >= 0.6 is 11.6 Å². The molecule has 0 radical (unpaired) electrons. The van der Waals surface area contributed by atoms with E-state index in [1.807, 2.05) is 24.3 Å². The van der Waals surface area contributed by atoms with Gasteiger partial charge in [0.25, 0.3) is 0 Å². The van der Waals surface area contributed by atoms with E-state index >= 15 is 0 Å². The van der Waals surface area contributed by atoms with Gasteiger partial charge in [0.15, 0.2) is 0 Å². The Balaban J connectivity index is 1.18. The highest BCUT2D eigenvalue weighted by atomic mass is 35.5. The Morgan fingerprint density at radius 1 is 0.975 bits per heavy atom. The van der Waals surface area contributed by atoms with Crippen LogP contribution in [0.5, 0.6) is 0 Å². The summed E-state index contributed by atoms with van der Waals surface area (Å²) in [5, 5.41) is 3.39. The maximum Gasteiger partial charge on any atom is 0.244 e. The molecule has 3 amide bonds. The highest BCUT2D eigenvalue weighted by molar-refractivity contribution is 6.30. The summed E-state index contributed by atoms with van der Waals surface area (Å²) in [7, 11) is 0. The standard InChI is InChI=1S/C32H27ClN4O3/c33-25-7-9-26(10-8-25)35-30(38)20-36(18-21-4-3-13-34-17-21)32(40)24-16-31(39)37(19-24)27-11-12-29-23(15-27)14-22-5-1-2-6-28(22)29/h1-13,15,17,24H,14,16,18-20H2,(H,35,38). The van der Waals surface area contributed by atoms with Gasteiger partial charge >= 0.3 is 0 Å². The first-order valence-corrected chi connectivity index (χ1v) is 13.6. The van der Waals surface area contributed by atoms with Crippen LogP contribution in [0.3, 0.4) is 0 Å². The topological polar surface area (TPSA) is 82.6 Å². The summed E-state index contributed by atoms with van der Waals surface area (Å²) >= 11 is 5.95. The van der Waals surface area contributed by atoms with E-state index < -0.39 is 5.92 Å². The molecule has 8 heteroatoms. The normalized spacial score (nSPS) is 15.5. The zero-order chi connectivity index (χ0) is 27.6. The Kier molecular flexibility index (Phi) is 7.05. The van der Waals surface area contributed by atoms with Crippen LogP contribution in [0.15, 0.2) is 91.3 Å². The van der Waals surface area contributed by atoms with E-state index in [0.29, 0.717) is 10.7 Å². The molecule has 40 heavy (non-hydrogen) atoms. The molecule has 0 bridgehead atoms. The number of fused-ring (bicyclic) bond motifs is 3. The number of pyridine rings is 1. The van der Waals surface area contributed by atoms with Gasteiger partial charge in [-0.1, -0.05) is 48.0 Å². The minimum absolute atomic E-state index is 0.0957. The van der Waals surface area contributed by atoms with Crippen molar-refractivity contribution in [2.75, 3.05) is 23.3 Å². The summed E-state index contributed by atoms with van der Waals surface area (Å²) in [6, 6.07) is 24.8. The fourth-order valence-electron chi connectivity index (χ4n) is 5.51. The molecule has 1 fully saturated rings. The molecule has 1 saturated heterocycles. The van der Waals surface area contributed by atoms with Gasteiger partial charge in [-0.05, 0) is 76.7 Å². The summed E-state index contributed by atoms with van der Waals surface area (Å²) in [6.07, 6.45) is 4.25. The molecule has 1 N–H and O–H groups in total. The van der Waals surface area contributed by atoms with E-state index in [4.69, 9.17) is 11.6 Å². The zero-order valence-electron chi connectivity index (χ0n) is 21.7. The monoisotopic (exact) mass is 550 g/mol. The van der Waals surface area contributed by atoms with E-state index in [-0.39, 0.29) is 43.8 Å². The van der Waals surface area contributed by atoms with Crippen molar-refractivity contribution in [3.05, 3.63) is 113 Å². The molecule has 2 aliphatic rings. The van der Waals surface area contributed by atoms with Crippen molar-refractivity contribution in [1.29, 1.82) is 0 Å². The molecule has 1 aromatic heterocycles. The number of nitrogens with one attached hydrogen (secondary N) is 1. The second-order valence-corrected chi connectivity index (χ2v) is 10.6. The smallest absolute Gasteiger partial charge is 0.244 e. The number of hydrogen-bond donors (Lipinski definition) is 1. The number of carbonyl (C=O) groups is 3. The van der Waals surface area contributed by atoms with E-state index in [9.17, 15) is 14.4 Å². The summed E-state index contributed by atoms with van der Waals surface area (Å²) in [6.45, 7) is 0.326. The number of halogens is 1. The zero-order valence-corrected chi connectivity index (χ0v) is 22.5. The van der Waals surface area contributed by atoms with Gasteiger partial charge < -0.3 is 15.1 Å². The Labute approximate surface area is 237 Å². The molecule has 0 saturated carbocycles. The number of hydrogen-bond acceptors (Lipinski definition) is 4. The molecule has 0 spiro atoms. The number of aromatic nitrogens is 1. The molecule has 2 heterocycles. The van der Waals surface area contributed by atoms with Gasteiger partial charge in [0.2, 0.25) is 17.7 Å². The number of nitrogens with zero attached hydrogens (tertiary/aromatic N) is 3. The predicted molar refractivity (Wildman–Crippen MR) is 155 cm³/mol. The van der Waals surface area contributed by atoms with Gasteiger partial charge in [-0.2, -0.15) is 0 Å². The van der Waals surface area contributed by atoms with Crippen LogP contribution in [0.25, 0.3) is 11.1 Å². The molecule has 1 aliphatic heterocycles. The van der Waals surface area contributed by atoms with Crippen LogP contribution < -0.4 is 10.2 Å². The van der Waals surface area contributed by atoms with Crippen molar-refractivity contribution >= 4 is 40.7 Å².